The molecule has 0 unspecified atom stereocenters. The summed E-state index contributed by atoms with van der Waals surface area (Å²) in [4.78, 5) is 36.0. The number of carbonyl (C=O) groups is 3. The van der Waals surface area contributed by atoms with E-state index in [0.29, 0.717) is 18.0 Å². The summed E-state index contributed by atoms with van der Waals surface area (Å²) >= 11 is 0. The first-order valence-corrected chi connectivity index (χ1v) is 9.90. The highest BCUT2D eigenvalue weighted by Gasteiger charge is 2.16. The molecule has 0 bridgehead atoms. The van der Waals surface area contributed by atoms with Crippen LogP contribution >= 0.6 is 0 Å². The zero-order chi connectivity index (χ0) is 22.9. The van der Waals surface area contributed by atoms with Gasteiger partial charge in [-0.25, -0.2) is 4.79 Å². The Morgan fingerprint density at radius 2 is 1.68 bits per heavy atom. The summed E-state index contributed by atoms with van der Waals surface area (Å²) < 4.78 is 10.4. The van der Waals surface area contributed by atoms with Crippen molar-refractivity contribution in [1.29, 1.82) is 0 Å². The highest BCUT2D eigenvalue weighted by Crippen LogP contribution is 2.17. The number of hydrogen-bond donors (Lipinski definition) is 3. The molecule has 8 heteroatoms. The van der Waals surface area contributed by atoms with E-state index in [-0.39, 0.29) is 24.8 Å². The minimum Gasteiger partial charge on any atom is -0.496 e. The number of nitrogens with one attached hydrogen (secondary N) is 3. The summed E-state index contributed by atoms with van der Waals surface area (Å²) in [6.07, 6.45) is -0.453. The van der Waals surface area contributed by atoms with Gasteiger partial charge >= 0.3 is 6.09 Å². The summed E-state index contributed by atoms with van der Waals surface area (Å²) in [5.74, 6) is 0.145. The number of alkyl carbamates (subject to hydrolysis) is 1. The van der Waals surface area contributed by atoms with Gasteiger partial charge in [0.05, 0.1) is 13.5 Å². The standard InChI is InChI=1S/C23H29N3O5/c1-23(2,3)31-22(29)25-15-21(28)26-18-10-7-8-16(12-18)14-24-20(27)13-17-9-5-6-11-19(17)30-4/h5-12H,13-15H2,1-4H3,(H,24,27)(H,25,29)(H,26,28). The van der Waals surface area contributed by atoms with Crippen molar-refractivity contribution in [2.75, 3.05) is 19.0 Å². The van der Waals surface area contributed by atoms with Gasteiger partial charge in [-0.05, 0) is 44.5 Å². The summed E-state index contributed by atoms with van der Waals surface area (Å²) in [6.45, 7) is 5.33. The Hall–Kier alpha value is -3.55. The highest BCUT2D eigenvalue weighted by molar-refractivity contribution is 5.93. The van der Waals surface area contributed by atoms with Crippen LogP contribution in [0.5, 0.6) is 5.75 Å². The van der Waals surface area contributed by atoms with Crippen molar-refractivity contribution in [3.8, 4) is 5.75 Å². The van der Waals surface area contributed by atoms with Crippen LogP contribution in [0.4, 0.5) is 10.5 Å². The number of carbonyl (C=O) groups excluding carboxylic acids is 3. The Bertz CT molecular complexity index is 921. The lowest BCUT2D eigenvalue weighted by atomic mass is 10.1. The average molecular weight is 428 g/mol. The molecule has 2 rings (SSSR count). The van der Waals surface area contributed by atoms with Gasteiger partial charge in [-0.1, -0.05) is 30.3 Å². The summed E-state index contributed by atoms with van der Waals surface area (Å²) in [7, 11) is 1.57. The second-order valence-corrected chi connectivity index (χ2v) is 7.87. The molecular weight excluding hydrogens is 398 g/mol. The third kappa shape index (κ3) is 8.77. The molecule has 0 aliphatic rings. The first-order valence-electron chi connectivity index (χ1n) is 9.90. The SMILES string of the molecule is COc1ccccc1CC(=O)NCc1cccc(NC(=O)CNC(=O)OC(C)(C)C)c1. The Labute approximate surface area is 182 Å². The summed E-state index contributed by atoms with van der Waals surface area (Å²) in [5, 5.41) is 7.97. The molecule has 0 aliphatic heterocycles. The van der Waals surface area contributed by atoms with E-state index in [1.54, 1.807) is 46.1 Å². The number of anilines is 1. The fourth-order valence-corrected chi connectivity index (χ4v) is 2.72. The lowest BCUT2D eigenvalue weighted by Crippen LogP contribution is -2.37. The highest BCUT2D eigenvalue weighted by atomic mass is 16.6. The van der Waals surface area contributed by atoms with Gasteiger partial charge in [0.15, 0.2) is 0 Å². The molecule has 3 amide bonds. The number of benzene rings is 2. The van der Waals surface area contributed by atoms with Crippen LogP contribution in [0, 0.1) is 0 Å². The maximum atomic E-state index is 12.3. The van der Waals surface area contributed by atoms with Crippen LogP contribution in [-0.4, -0.2) is 37.2 Å². The largest absolute Gasteiger partial charge is 0.496 e. The van der Waals surface area contributed by atoms with Crippen molar-refractivity contribution in [2.24, 2.45) is 0 Å². The average Bonchev–Trinajstić information content (AvgIpc) is 2.70. The summed E-state index contributed by atoms with van der Waals surface area (Å²) in [6, 6.07) is 14.5. The Kier molecular flexibility index (Phi) is 8.43. The predicted octanol–water partition coefficient (Wildman–Crippen LogP) is 3.02. The first kappa shape index (κ1) is 23.7. The smallest absolute Gasteiger partial charge is 0.408 e. The van der Waals surface area contributed by atoms with Gasteiger partial charge in [-0.2, -0.15) is 0 Å². The molecule has 0 aromatic heterocycles. The van der Waals surface area contributed by atoms with E-state index < -0.39 is 11.7 Å². The molecule has 8 nitrogen and oxygen atoms in total. The molecule has 0 saturated heterocycles. The molecule has 0 radical (unpaired) electrons. The van der Waals surface area contributed by atoms with E-state index in [0.717, 1.165) is 11.1 Å². The number of ether oxygens (including phenoxy) is 2. The topological polar surface area (TPSA) is 106 Å². The van der Waals surface area contributed by atoms with E-state index in [2.05, 4.69) is 16.0 Å². The maximum absolute atomic E-state index is 12.3. The second kappa shape index (κ2) is 11.0. The van der Waals surface area contributed by atoms with Crippen LogP contribution < -0.4 is 20.7 Å². The monoisotopic (exact) mass is 427 g/mol. The van der Waals surface area contributed by atoms with Crippen molar-refractivity contribution in [1.82, 2.24) is 10.6 Å². The molecule has 0 heterocycles. The van der Waals surface area contributed by atoms with Gasteiger partial charge in [0.1, 0.15) is 17.9 Å². The normalized spacial score (nSPS) is 10.7. The van der Waals surface area contributed by atoms with Crippen LogP contribution in [0.2, 0.25) is 0 Å². The maximum Gasteiger partial charge on any atom is 0.408 e. The van der Waals surface area contributed by atoms with Crippen molar-refractivity contribution in [3.05, 3.63) is 59.7 Å². The molecular formula is C23H29N3O5. The molecule has 3 N–H and O–H groups in total. The van der Waals surface area contributed by atoms with Gasteiger partial charge in [0.25, 0.3) is 0 Å². The van der Waals surface area contributed by atoms with E-state index in [9.17, 15) is 14.4 Å². The Morgan fingerprint density at radius 1 is 0.935 bits per heavy atom. The fraction of sp³-hybridized carbons (Fsp3) is 0.348. The molecule has 0 atom stereocenters. The van der Waals surface area contributed by atoms with Crippen LogP contribution in [0.25, 0.3) is 0 Å². The second-order valence-electron chi connectivity index (χ2n) is 7.87. The predicted molar refractivity (Wildman–Crippen MR) is 118 cm³/mol. The zero-order valence-electron chi connectivity index (χ0n) is 18.3. The molecule has 2 aromatic rings. The van der Waals surface area contributed by atoms with Crippen LogP contribution in [-0.2, 0) is 27.3 Å². The van der Waals surface area contributed by atoms with E-state index in [1.165, 1.54) is 0 Å². The lowest BCUT2D eigenvalue weighted by molar-refractivity contribution is -0.120. The Morgan fingerprint density at radius 3 is 2.39 bits per heavy atom. The minimum atomic E-state index is -0.658. The number of hydrogen-bond acceptors (Lipinski definition) is 5. The summed E-state index contributed by atoms with van der Waals surface area (Å²) in [5.41, 5.74) is 1.56. The van der Waals surface area contributed by atoms with E-state index >= 15 is 0 Å². The van der Waals surface area contributed by atoms with Gasteiger partial charge in [-0.3, -0.25) is 9.59 Å². The molecule has 2 aromatic carbocycles. The van der Waals surface area contributed by atoms with Gasteiger partial charge in [0.2, 0.25) is 11.8 Å². The molecule has 166 valence electrons. The molecule has 0 aliphatic carbocycles. The number of para-hydroxylation sites is 1. The van der Waals surface area contributed by atoms with Gasteiger partial charge in [-0.15, -0.1) is 0 Å². The molecule has 31 heavy (non-hydrogen) atoms. The zero-order valence-corrected chi connectivity index (χ0v) is 18.3. The van der Waals surface area contributed by atoms with Crippen molar-refractivity contribution < 1.29 is 23.9 Å². The Balaban J connectivity index is 1.82. The number of methoxy groups -OCH3 is 1. The van der Waals surface area contributed by atoms with Crippen LogP contribution in [0.15, 0.2) is 48.5 Å². The minimum absolute atomic E-state index is 0.138. The van der Waals surface area contributed by atoms with Crippen molar-refractivity contribution in [3.63, 3.8) is 0 Å². The van der Waals surface area contributed by atoms with Crippen molar-refractivity contribution >= 4 is 23.6 Å². The fourth-order valence-electron chi connectivity index (χ4n) is 2.72. The van der Waals surface area contributed by atoms with Gasteiger partial charge in [0, 0.05) is 17.8 Å². The molecule has 0 saturated carbocycles. The molecule has 0 fully saturated rings. The van der Waals surface area contributed by atoms with Gasteiger partial charge < -0.3 is 25.4 Å². The number of amides is 3. The third-order valence-corrected chi connectivity index (χ3v) is 4.04. The lowest BCUT2D eigenvalue weighted by Gasteiger charge is -2.19. The molecule has 0 spiro atoms. The quantitative estimate of drug-likeness (QED) is 0.601. The van der Waals surface area contributed by atoms with Crippen LogP contribution in [0.1, 0.15) is 31.9 Å². The van der Waals surface area contributed by atoms with Crippen molar-refractivity contribution in [2.45, 2.75) is 39.3 Å². The third-order valence-electron chi connectivity index (χ3n) is 4.04. The number of rotatable bonds is 8. The first-order chi connectivity index (χ1) is 14.7. The van der Waals surface area contributed by atoms with E-state index in [4.69, 9.17) is 9.47 Å². The van der Waals surface area contributed by atoms with Crippen LogP contribution in [0.3, 0.4) is 0 Å². The van der Waals surface area contributed by atoms with E-state index in [1.807, 2.05) is 30.3 Å².